The molecule has 0 amide bonds. The Labute approximate surface area is 318 Å². The molecule has 0 fully saturated rings. The van der Waals surface area contributed by atoms with E-state index in [-0.39, 0.29) is 32.6 Å². The second-order valence-corrected chi connectivity index (χ2v) is 15.9. The summed E-state index contributed by atoms with van der Waals surface area (Å²) < 4.78 is 33.3. The molecule has 0 radical (unpaired) electrons. The predicted octanol–water partition coefficient (Wildman–Crippen LogP) is 12.6. The lowest BCUT2D eigenvalue weighted by Crippen LogP contribution is -2.29. The molecule has 2 unspecified atom stereocenters. The molecular weight excluding hydrogens is 679 g/mol. The van der Waals surface area contributed by atoms with Crippen molar-refractivity contribution in [2.75, 3.05) is 26.4 Å². The number of hydrogen-bond acceptors (Lipinski definition) is 9. The molecule has 52 heavy (non-hydrogen) atoms. The first-order valence-corrected chi connectivity index (χ1v) is 22.8. The van der Waals surface area contributed by atoms with Gasteiger partial charge in [0, 0.05) is 24.3 Å². The number of unbranched alkanes of at least 4 members (excludes halogenated alkanes) is 25. The fourth-order valence-corrected chi connectivity index (χ4v) is 6.89. The average Bonchev–Trinajstić information content (AvgIpc) is 3.15. The van der Waals surface area contributed by atoms with Crippen LogP contribution in [0.25, 0.3) is 0 Å². The van der Waals surface area contributed by atoms with Gasteiger partial charge in [-0.3, -0.25) is 18.6 Å². The van der Waals surface area contributed by atoms with E-state index < -0.39 is 32.4 Å². The zero-order valence-electron chi connectivity index (χ0n) is 33.5. The molecule has 0 aromatic carbocycles. The highest BCUT2D eigenvalue weighted by Gasteiger charge is 2.29. The number of carbonyl (C=O) groups is 2. The maximum absolute atomic E-state index is 12.6. The molecule has 0 aliphatic carbocycles. The van der Waals surface area contributed by atoms with Crippen LogP contribution in [0.5, 0.6) is 0 Å². The third-order valence-electron chi connectivity index (χ3n) is 9.25. The fraction of sp³-hybridized carbons (Fsp3) is 0.902. The molecule has 0 spiro atoms. The summed E-state index contributed by atoms with van der Waals surface area (Å²) in [4.78, 5) is 38.6. The van der Waals surface area contributed by atoms with Crippen LogP contribution in [0.3, 0.4) is 0 Å². The van der Waals surface area contributed by atoms with Gasteiger partial charge in [-0.2, -0.15) is 0 Å². The minimum atomic E-state index is -4.31. The predicted molar refractivity (Wildman–Crippen MR) is 214 cm³/mol. The van der Waals surface area contributed by atoms with Crippen molar-refractivity contribution in [3.05, 3.63) is 17.1 Å². The molecular formula is C41H79N2O8P. The van der Waals surface area contributed by atoms with E-state index in [9.17, 15) is 19.1 Å². The molecule has 2 atom stereocenters. The lowest BCUT2D eigenvalue weighted by atomic mass is 10.0. The van der Waals surface area contributed by atoms with Gasteiger partial charge in [-0.25, -0.2) is 4.57 Å². The van der Waals surface area contributed by atoms with E-state index >= 15 is 0 Å². The monoisotopic (exact) mass is 759 g/mol. The average molecular weight is 759 g/mol. The van der Waals surface area contributed by atoms with Crippen LogP contribution < -0.4 is 5.73 Å². The van der Waals surface area contributed by atoms with Gasteiger partial charge in [0.15, 0.2) is 6.10 Å². The number of nitroso groups, excluding NO2 is 1. The number of hydrogen-bond donors (Lipinski definition) is 1. The summed E-state index contributed by atoms with van der Waals surface area (Å²) in [5.41, 5.74) is 5.36. The zero-order chi connectivity index (χ0) is 38.2. The van der Waals surface area contributed by atoms with Gasteiger partial charge in [-0.15, -0.1) is 4.91 Å². The van der Waals surface area contributed by atoms with E-state index in [2.05, 4.69) is 30.9 Å². The molecule has 2 N–H and O–H groups in total. The Kier molecular flexibility index (Phi) is 37.9. The molecule has 0 aromatic heterocycles. The third kappa shape index (κ3) is 35.4. The normalized spacial score (nSPS) is 13.3. The van der Waals surface area contributed by atoms with Crippen LogP contribution in [-0.4, -0.2) is 44.4 Å². The maximum Gasteiger partial charge on any atom is 0.489 e. The molecule has 0 saturated heterocycles. The minimum absolute atomic E-state index is 0.0223. The van der Waals surface area contributed by atoms with E-state index in [0.29, 0.717) is 12.8 Å². The molecule has 0 aliphatic heterocycles. The first-order chi connectivity index (χ1) is 25.4. The molecule has 0 heterocycles. The zero-order valence-corrected chi connectivity index (χ0v) is 34.4. The Morgan fingerprint density at radius 2 is 0.981 bits per heavy atom. The summed E-state index contributed by atoms with van der Waals surface area (Å²) in [5.74, 6) is -0.870. The maximum atomic E-state index is 12.6. The largest absolute Gasteiger partial charge is 0.489 e. The van der Waals surface area contributed by atoms with Gasteiger partial charge in [0.05, 0.1) is 13.2 Å². The molecule has 306 valence electrons. The third-order valence-corrected chi connectivity index (χ3v) is 10.4. The van der Waals surface area contributed by atoms with Gasteiger partial charge in [-0.05, 0) is 38.5 Å². The van der Waals surface area contributed by atoms with E-state index in [0.717, 1.165) is 51.4 Å². The van der Waals surface area contributed by atoms with Crippen LogP contribution in [0.15, 0.2) is 17.1 Å². The summed E-state index contributed by atoms with van der Waals surface area (Å²) in [7, 11) is -4.31. The first-order valence-electron chi connectivity index (χ1n) is 21.3. The SMILES string of the molecule is CCCCCCCC/C=C\CCCCCCCC(=O)OCC(COP(=O)(N=O)OCCN)OC(=O)CCCCCCCCCCCCCCCCC. The highest BCUT2D eigenvalue weighted by Crippen LogP contribution is 2.49. The molecule has 0 aromatic rings. The van der Waals surface area contributed by atoms with Gasteiger partial charge >= 0.3 is 19.7 Å². The van der Waals surface area contributed by atoms with Crippen molar-refractivity contribution in [1.82, 2.24) is 0 Å². The van der Waals surface area contributed by atoms with Crippen LogP contribution in [-0.2, 0) is 32.7 Å². The number of esters is 2. The quantitative estimate of drug-likeness (QED) is 0.0212. The van der Waals surface area contributed by atoms with Crippen LogP contribution in [0.1, 0.15) is 206 Å². The highest BCUT2D eigenvalue weighted by atomic mass is 31.2. The van der Waals surface area contributed by atoms with E-state index in [1.54, 1.807) is 0 Å². The number of rotatable bonds is 41. The van der Waals surface area contributed by atoms with Crippen LogP contribution in [0.2, 0.25) is 0 Å². The summed E-state index contributed by atoms with van der Waals surface area (Å²) >= 11 is 0. The molecule has 0 aliphatic rings. The van der Waals surface area contributed by atoms with Gasteiger partial charge in [0.2, 0.25) is 0 Å². The highest BCUT2D eigenvalue weighted by molar-refractivity contribution is 7.52. The number of carbonyl (C=O) groups excluding carboxylic acids is 2. The Morgan fingerprint density at radius 1 is 0.577 bits per heavy atom. The summed E-state index contributed by atoms with van der Waals surface area (Å²) in [6.07, 6.45) is 37.7. The van der Waals surface area contributed by atoms with Crippen molar-refractivity contribution in [3.8, 4) is 0 Å². The first kappa shape index (κ1) is 50.4. The van der Waals surface area contributed by atoms with Gasteiger partial charge in [0.1, 0.15) is 6.61 Å². The van der Waals surface area contributed by atoms with Gasteiger partial charge in [0.25, 0.3) is 0 Å². The van der Waals surface area contributed by atoms with E-state index in [4.69, 9.17) is 24.3 Å². The van der Waals surface area contributed by atoms with Crippen molar-refractivity contribution in [1.29, 1.82) is 0 Å². The molecule has 10 nitrogen and oxygen atoms in total. The Hall–Kier alpha value is -1.61. The second kappa shape index (κ2) is 39.1. The van der Waals surface area contributed by atoms with Gasteiger partial charge < -0.3 is 15.2 Å². The Bertz CT molecular complexity index is 904. The number of ether oxygens (including phenoxy) is 2. The van der Waals surface area contributed by atoms with Crippen molar-refractivity contribution >= 4 is 19.7 Å². The van der Waals surface area contributed by atoms with E-state index in [1.165, 1.54) is 116 Å². The molecule has 0 rings (SSSR count). The lowest BCUT2D eigenvalue weighted by Gasteiger charge is -2.19. The number of allylic oxidation sites excluding steroid dienone is 2. The molecule has 11 heteroatoms. The smallest absolute Gasteiger partial charge is 0.462 e. The summed E-state index contributed by atoms with van der Waals surface area (Å²) in [6.45, 7) is 3.61. The van der Waals surface area contributed by atoms with E-state index in [1.807, 2.05) is 0 Å². The topological polar surface area (TPSA) is 144 Å². The van der Waals surface area contributed by atoms with Crippen LogP contribution in [0.4, 0.5) is 0 Å². The number of nitrogens with two attached hydrogens (primary N) is 1. The summed E-state index contributed by atoms with van der Waals surface area (Å²) in [6, 6.07) is 0. The van der Waals surface area contributed by atoms with Crippen molar-refractivity contribution < 1.29 is 32.7 Å². The standard InChI is InChI=1S/C41H79N2O8P/c1-3-5-7-9-11-13-15-17-19-21-23-25-27-29-31-33-40(44)48-37-39(38-50-52(47,43-46)49-36-35-42)51-41(45)34-32-30-28-26-24-22-20-18-16-14-12-10-8-6-4-2/h17,19,39H,3-16,18,20-38,42H2,1-2H3/b19-17-. The number of nitrogens with zero attached hydrogens (tertiary/aromatic N) is 1. The van der Waals surface area contributed by atoms with Crippen LogP contribution >= 0.6 is 7.75 Å². The molecule has 0 bridgehead atoms. The van der Waals surface area contributed by atoms with Crippen LogP contribution in [0, 0.1) is 4.91 Å². The Balaban J connectivity index is 4.25. The van der Waals surface area contributed by atoms with Crippen molar-refractivity contribution in [2.45, 2.75) is 213 Å². The summed E-state index contributed by atoms with van der Waals surface area (Å²) in [5, 5.41) is 0. The molecule has 0 saturated carbocycles. The van der Waals surface area contributed by atoms with Crippen molar-refractivity contribution in [2.24, 2.45) is 10.7 Å². The van der Waals surface area contributed by atoms with Crippen molar-refractivity contribution in [3.63, 3.8) is 0 Å². The minimum Gasteiger partial charge on any atom is -0.462 e. The fourth-order valence-electron chi connectivity index (χ4n) is 6.03. The second-order valence-electron chi connectivity index (χ2n) is 14.3. The Morgan fingerprint density at radius 3 is 1.40 bits per heavy atom. The lowest BCUT2D eigenvalue weighted by molar-refractivity contribution is -0.161. The van der Waals surface area contributed by atoms with Gasteiger partial charge in [-0.1, -0.05) is 167 Å².